The number of ether oxygens (including phenoxy) is 1. The molecule has 5 nitrogen and oxygen atoms in total. The lowest BCUT2D eigenvalue weighted by Gasteiger charge is -2.42. The van der Waals surface area contributed by atoms with Crippen molar-refractivity contribution in [3.8, 4) is 0 Å². The predicted octanol–water partition coefficient (Wildman–Crippen LogP) is 2.07. The Bertz CT molecular complexity index is 545. The Hall–Kier alpha value is -1.08. The van der Waals surface area contributed by atoms with E-state index in [1.54, 1.807) is 12.1 Å². The van der Waals surface area contributed by atoms with Crippen LogP contribution in [-0.4, -0.2) is 56.7 Å². The quantitative estimate of drug-likeness (QED) is 0.853. The van der Waals surface area contributed by atoms with E-state index < -0.39 is 5.41 Å². The predicted molar refractivity (Wildman–Crippen MR) is 101 cm³/mol. The van der Waals surface area contributed by atoms with Crippen molar-refractivity contribution in [2.75, 3.05) is 50.8 Å². The van der Waals surface area contributed by atoms with Gasteiger partial charge in [-0.1, -0.05) is 0 Å². The average molecular weight is 394 g/mol. The zero-order valence-corrected chi connectivity index (χ0v) is 15.8. The van der Waals surface area contributed by atoms with Crippen molar-refractivity contribution in [1.29, 1.82) is 0 Å². The molecule has 0 radical (unpaired) electrons. The molecule has 1 amide bonds. The number of nitrogens with zero attached hydrogens (tertiary/aromatic N) is 2. The van der Waals surface area contributed by atoms with Crippen molar-refractivity contribution < 1.29 is 13.9 Å². The highest BCUT2D eigenvalue weighted by Gasteiger charge is 2.42. The molecule has 3 rings (SSSR count). The Kier molecular flexibility index (Phi) is 8.41. The number of hydrogen-bond acceptors (Lipinski definition) is 4. The third-order valence-electron chi connectivity index (χ3n) is 5.05. The van der Waals surface area contributed by atoms with Gasteiger partial charge in [-0.15, -0.1) is 24.8 Å². The molecule has 0 atom stereocenters. The van der Waals surface area contributed by atoms with Crippen LogP contribution in [0.1, 0.15) is 12.8 Å². The van der Waals surface area contributed by atoms with Gasteiger partial charge >= 0.3 is 0 Å². The molecule has 142 valence electrons. The number of piperazine rings is 1. The molecule has 0 aliphatic carbocycles. The molecule has 1 aromatic rings. The molecule has 1 aromatic carbocycles. The second-order valence-electron chi connectivity index (χ2n) is 6.35. The average Bonchev–Trinajstić information content (AvgIpc) is 2.62. The van der Waals surface area contributed by atoms with E-state index >= 15 is 0 Å². The van der Waals surface area contributed by atoms with Crippen LogP contribution in [0.4, 0.5) is 10.1 Å². The van der Waals surface area contributed by atoms with Gasteiger partial charge in [0.1, 0.15) is 5.82 Å². The molecule has 0 saturated carbocycles. The fourth-order valence-corrected chi connectivity index (χ4v) is 3.42. The summed E-state index contributed by atoms with van der Waals surface area (Å²) in [5, 5.41) is 0. The zero-order valence-electron chi connectivity index (χ0n) is 14.2. The number of hydrogen-bond donors (Lipinski definition) is 1. The number of benzene rings is 1. The van der Waals surface area contributed by atoms with E-state index in [9.17, 15) is 9.18 Å². The van der Waals surface area contributed by atoms with Gasteiger partial charge in [0.2, 0.25) is 5.91 Å². The first-order valence-corrected chi connectivity index (χ1v) is 8.22. The summed E-state index contributed by atoms with van der Waals surface area (Å²) < 4.78 is 18.4. The normalized spacial score (nSPS) is 19.6. The molecule has 8 heteroatoms. The monoisotopic (exact) mass is 393 g/mol. The van der Waals surface area contributed by atoms with E-state index in [0.29, 0.717) is 45.7 Å². The molecule has 2 heterocycles. The van der Waals surface area contributed by atoms with Crippen LogP contribution in [0.15, 0.2) is 24.3 Å². The van der Waals surface area contributed by atoms with E-state index in [4.69, 9.17) is 10.5 Å². The number of anilines is 1. The van der Waals surface area contributed by atoms with Crippen LogP contribution in [0.25, 0.3) is 0 Å². The number of amides is 1. The molecular weight excluding hydrogens is 368 g/mol. The molecule has 25 heavy (non-hydrogen) atoms. The van der Waals surface area contributed by atoms with Gasteiger partial charge in [0.15, 0.2) is 0 Å². The van der Waals surface area contributed by atoms with E-state index in [2.05, 4.69) is 4.90 Å². The van der Waals surface area contributed by atoms with Gasteiger partial charge in [-0.3, -0.25) is 4.79 Å². The molecule has 2 aliphatic rings. The maximum atomic E-state index is 13.0. The first-order chi connectivity index (χ1) is 11.1. The molecule has 2 saturated heterocycles. The zero-order chi connectivity index (χ0) is 16.3. The maximum absolute atomic E-state index is 13.0. The minimum absolute atomic E-state index is 0. The Morgan fingerprint density at radius 2 is 1.64 bits per heavy atom. The molecule has 2 N–H and O–H groups in total. The van der Waals surface area contributed by atoms with Crippen molar-refractivity contribution in [3.05, 3.63) is 30.1 Å². The summed E-state index contributed by atoms with van der Waals surface area (Å²) in [5.41, 5.74) is 6.48. The third kappa shape index (κ3) is 4.76. The van der Waals surface area contributed by atoms with Crippen LogP contribution in [0.5, 0.6) is 0 Å². The molecular formula is C17H26Cl2FN3O2. The number of halogens is 3. The smallest absolute Gasteiger partial charge is 0.230 e. The van der Waals surface area contributed by atoms with Crippen LogP contribution in [-0.2, 0) is 9.53 Å². The van der Waals surface area contributed by atoms with Gasteiger partial charge in [-0.25, -0.2) is 4.39 Å². The maximum Gasteiger partial charge on any atom is 0.230 e. The molecule has 0 aromatic heterocycles. The summed E-state index contributed by atoms with van der Waals surface area (Å²) >= 11 is 0. The van der Waals surface area contributed by atoms with Gasteiger partial charge < -0.3 is 20.3 Å². The van der Waals surface area contributed by atoms with Crippen molar-refractivity contribution in [2.45, 2.75) is 12.8 Å². The fraction of sp³-hybridized carbons (Fsp3) is 0.588. The fourth-order valence-electron chi connectivity index (χ4n) is 3.42. The van der Waals surface area contributed by atoms with Crippen LogP contribution in [0.2, 0.25) is 0 Å². The largest absolute Gasteiger partial charge is 0.381 e. The number of rotatable bonds is 3. The first-order valence-electron chi connectivity index (χ1n) is 8.22. The summed E-state index contributed by atoms with van der Waals surface area (Å²) in [7, 11) is 0. The second kappa shape index (κ2) is 9.57. The summed E-state index contributed by atoms with van der Waals surface area (Å²) in [4.78, 5) is 17.0. The lowest BCUT2D eigenvalue weighted by Crippen LogP contribution is -2.56. The van der Waals surface area contributed by atoms with Crippen LogP contribution >= 0.6 is 24.8 Å². The Balaban J connectivity index is 0.00000156. The summed E-state index contributed by atoms with van der Waals surface area (Å²) in [6, 6.07) is 6.51. The Morgan fingerprint density at radius 1 is 1.08 bits per heavy atom. The van der Waals surface area contributed by atoms with Crippen molar-refractivity contribution >= 4 is 36.4 Å². The lowest BCUT2D eigenvalue weighted by atomic mass is 9.78. The minimum Gasteiger partial charge on any atom is -0.381 e. The van der Waals surface area contributed by atoms with Crippen molar-refractivity contribution in [1.82, 2.24) is 4.90 Å². The number of nitrogens with two attached hydrogens (primary N) is 1. The third-order valence-corrected chi connectivity index (χ3v) is 5.05. The van der Waals surface area contributed by atoms with Crippen LogP contribution in [0.3, 0.4) is 0 Å². The van der Waals surface area contributed by atoms with Gasteiger partial charge in [0.25, 0.3) is 0 Å². The van der Waals surface area contributed by atoms with Gasteiger partial charge in [0, 0.05) is 51.6 Å². The topological polar surface area (TPSA) is 58.8 Å². The van der Waals surface area contributed by atoms with Gasteiger partial charge in [-0.05, 0) is 37.1 Å². The summed E-state index contributed by atoms with van der Waals surface area (Å²) in [6.07, 6.45) is 1.42. The van der Waals surface area contributed by atoms with E-state index in [-0.39, 0.29) is 36.5 Å². The highest BCUT2D eigenvalue weighted by Crippen LogP contribution is 2.32. The highest BCUT2D eigenvalue weighted by molar-refractivity contribution is 5.85. The molecule has 0 bridgehead atoms. The molecule has 2 fully saturated rings. The number of carbonyl (C=O) groups is 1. The minimum atomic E-state index is -0.448. The van der Waals surface area contributed by atoms with E-state index in [1.807, 2.05) is 4.90 Å². The summed E-state index contributed by atoms with van der Waals surface area (Å²) in [5.74, 6) is -0.0611. The lowest BCUT2D eigenvalue weighted by molar-refractivity contribution is -0.147. The Labute approximate surface area is 160 Å². The van der Waals surface area contributed by atoms with Crippen molar-refractivity contribution in [3.63, 3.8) is 0 Å². The Morgan fingerprint density at radius 3 is 2.16 bits per heavy atom. The SMILES string of the molecule is Cl.Cl.NCC1(C(=O)N2CCN(c3ccc(F)cc3)CC2)CCOCC1. The standard InChI is InChI=1S/C17H24FN3O2.2ClH/c18-14-1-3-15(4-2-14)20-7-9-21(10-8-20)16(22)17(13-19)5-11-23-12-6-17;;/h1-4H,5-13,19H2;2*1H. The second-order valence-corrected chi connectivity index (χ2v) is 6.35. The molecule has 0 spiro atoms. The van der Waals surface area contributed by atoms with Gasteiger partial charge in [-0.2, -0.15) is 0 Å². The molecule has 2 aliphatic heterocycles. The van der Waals surface area contributed by atoms with Crippen LogP contribution < -0.4 is 10.6 Å². The van der Waals surface area contributed by atoms with E-state index in [0.717, 1.165) is 18.8 Å². The molecule has 0 unspecified atom stereocenters. The highest BCUT2D eigenvalue weighted by atomic mass is 35.5. The number of carbonyl (C=O) groups excluding carboxylic acids is 1. The first kappa shape index (κ1) is 22.0. The summed E-state index contributed by atoms with van der Waals surface area (Å²) in [6.45, 7) is 4.48. The van der Waals surface area contributed by atoms with Crippen LogP contribution in [0, 0.1) is 11.2 Å². The van der Waals surface area contributed by atoms with Crippen molar-refractivity contribution in [2.24, 2.45) is 11.1 Å². The van der Waals surface area contributed by atoms with E-state index in [1.165, 1.54) is 12.1 Å². The van der Waals surface area contributed by atoms with Gasteiger partial charge in [0.05, 0.1) is 5.41 Å².